The number of aryl methyl sites for hydroxylation is 1. The molecule has 0 radical (unpaired) electrons. The molecule has 1 atom stereocenters. The van der Waals surface area contributed by atoms with E-state index in [2.05, 4.69) is 4.98 Å². The Morgan fingerprint density at radius 3 is 2.85 bits per heavy atom. The van der Waals surface area contributed by atoms with Crippen LogP contribution < -0.4 is 0 Å². The molecule has 0 fully saturated rings. The van der Waals surface area contributed by atoms with Gasteiger partial charge in [-0.1, -0.05) is 18.2 Å². The molecule has 26 heavy (non-hydrogen) atoms. The molecular formula is C19H20FN3O2S. The average molecular weight is 373 g/mol. The largest absolute Gasteiger partial charge is 0.330 e. The van der Waals surface area contributed by atoms with Crippen molar-refractivity contribution in [1.82, 2.24) is 13.9 Å². The van der Waals surface area contributed by atoms with Crippen molar-refractivity contribution in [3.05, 3.63) is 65.7 Å². The summed E-state index contributed by atoms with van der Waals surface area (Å²) in [7, 11) is -3.47. The lowest BCUT2D eigenvalue weighted by atomic mass is 9.97. The number of rotatable bonds is 4. The Balaban J connectivity index is 1.55. The monoisotopic (exact) mass is 373 g/mol. The van der Waals surface area contributed by atoms with Crippen molar-refractivity contribution in [1.29, 1.82) is 0 Å². The van der Waals surface area contributed by atoms with Crippen LogP contribution in [0.25, 0.3) is 11.0 Å². The summed E-state index contributed by atoms with van der Waals surface area (Å²) in [5.74, 6) is -0.344. The van der Waals surface area contributed by atoms with Crippen molar-refractivity contribution in [3.63, 3.8) is 0 Å². The Kier molecular flexibility index (Phi) is 4.28. The summed E-state index contributed by atoms with van der Waals surface area (Å²) in [6, 6.07) is 12.1. The van der Waals surface area contributed by atoms with Crippen LogP contribution in [0.4, 0.5) is 4.39 Å². The number of fused-ring (bicyclic) bond motifs is 2. The fourth-order valence-corrected chi connectivity index (χ4v) is 5.20. The molecule has 0 saturated heterocycles. The second-order valence-corrected chi connectivity index (χ2v) is 8.80. The number of halogens is 1. The lowest BCUT2D eigenvalue weighted by molar-refractivity contribution is 0.308. The van der Waals surface area contributed by atoms with Crippen LogP contribution in [0.1, 0.15) is 18.1 Å². The summed E-state index contributed by atoms with van der Waals surface area (Å²) in [6.45, 7) is 2.46. The maximum absolute atomic E-state index is 13.5. The number of nitrogens with zero attached hydrogens (tertiary/aromatic N) is 3. The van der Waals surface area contributed by atoms with Crippen molar-refractivity contribution in [2.45, 2.75) is 32.5 Å². The zero-order valence-corrected chi connectivity index (χ0v) is 15.3. The Morgan fingerprint density at radius 1 is 1.19 bits per heavy atom. The van der Waals surface area contributed by atoms with Crippen LogP contribution >= 0.6 is 0 Å². The minimum Gasteiger partial charge on any atom is -0.330 e. The third-order valence-corrected chi connectivity index (χ3v) is 6.88. The van der Waals surface area contributed by atoms with Gasteiger partial charge in [-0.25, -0.2) is 17.8 Å². The fourth-order valence-electron chi connectivity index (χ4n) is 3.58. The quantitative estimate of drug-likeness (QED) is 0.707. The van der Waals surface area contributed by atoms with Crippen LogP contribution in [0.5, 0.6) is 0 Å². The highest BCUT2D eigenvalue weighted by Gasteiger charge is 2.32. The highest BCUT2D eigenvalue weighted by molar-refractivity contribution is 7.89. The zero-order chi connectivity index (χ0) is 18.3. The van der Waals surface area contributed by atoms with Crippen molar-refractivity contribution >= 4 is 21.1 Å². The van der Waals surface area contributed by atoms with E-state index in [1.165, 1.54) is 16.4 Å². The minimum absolute atomic E-state index is 0.0116. The van der Waals surface area contributed by atoms with Gasteiger partial charge < -0.3 is 4.57 Å². The molecule has 1 aliphatic heterocycles. The van der Waals surface area contributed by atoms with Crippen LogP contribution in [-0.2, 0) is 29.5 Å². The number of aromatic nitrogens is 2. The first-order valence-electron chi connectivity index (χ1n) is 8.61. The summed E-state index contributed by atoms with van der Waals surface area (Å²) in [6.07, 6.45) is 2.27. The normalized spacial score (nSPS) is 18.2. The van der Waals surface area contributed by atoms with Crippen LogP contribution in [0.3, 0.4) is 0 Å². The summed E-state index contributed by atoms with van der Waals surface area (Å²) in [5.41, 5.74) is 3.54. The van der Waals surface area contributed by atoms with Crippen molar-refractivity contribution in [2.75, 3.05) is 5.75 Å². The zero-order valence-electron chi connectivity index (χ0n) is 14.5. The molecule has 136 valence electrons. The van der Waals surface area contributed by atoms with Crippen molar-refractivity contribution < 1.29 is 12.8 Å². The molecule has 0 amide bonds. The van der Waals surface area contributed by atoms with E-state index >= 15 is 0 Å². The predicted molar refractivity (Wildman–Crippen MR) is 98.6 cm³/mol. The SMILES string of the molecule is CC1Cc2ccc(F)cc2CN1S(=O)(=O)CCn1cnc2ccccc21. The van der Waals surface area contributed by atoms with E-state index in [-0.39, 0.29) is 24.2 Å². The standard InChI is InChI=1S/C19H20FN3O2S/c1-14-10-15-6-7-17(20)11-16(15)12-23(14)26(24,25)9-8-22-13-21-18-4-2-3-5-19(18)22/h2-7,11,13-14H,8-10,12H2,1H3. The molecule has 0 N–H and O–H groups in total. The molecular weight excluding hydrogens is 353 g/mol. The van der Waals surface area contributed by atoms with E-state index in [1.54, 1.807) is 12.4 Å². The van der Waals surface area contributed by atoms with Crippen LogP contribution in [0.15, 0.2) is 48.8 Å². The molecule has 0 bridgehead atoms. The molecule has 7 heteroatoms. The van der Waals surface area contributed by atoms with E-state index in [0.717, 1.165) is 22.2 Å². The number of sulfonamides is 1. The lowest BCUT2D eigenvalue weighted by Crippen LogP contribution is -2.44. The van der Waals surface area contributed by atoms with Crippen molar-refractivity contribution in [3.8, 4) is 0 Å². The van der Waals surface area contributed by atoms with Gasteiger partial charge in [-0.2, -0.15) is 4.31 Å². The van der Waals surface area contributed by atoms with Gasteiger partial charge in [0.1, 0.15) is 5.82 Å². The first-order chi connectivity index (χ1) is 12.4. The minimum atomic E-state index is -3.47. The summed E-state index contributed by atoms with van der Waals surface area (Å²) in [4.78, 5) is 4.30. The number of hydrogen-bond donors (Lipinski definition) is 0. The van der Waals surface area contributed by atoms with E-state index in [9.17, 15) is 12.8 Å². The molecule has 4 rings (SSSR count). The first-order valence-corrected chi connectivity index (χ1v) is 10.2. The highest BCUT2D eigenvalue weighted by atomic mass is 32.2. The van der Waals surface area contributed by atoms with Gasteiger partial charge in [-0.05, 0) is 48.7 Å². The number of hydrogen-bond acceptors (Lipinski definition) is 3. The molecule has 0 aliphatic carbocycles. The lowest BCUT2D eigenvalue weighted by Gasteiger charge is -2.34. The van der Waals surface area contributed by atoms with Crippen LogP contribution in [0.2, 0.25) is 0 Å². The molecule has 0 spiro atoms. The highest BCUT2D eigenvalue weighted by Crippen LogP contribution is 2.26. The molecule has 1 aromatic heterocycles. The maximum atomic E-state index is 13.5. The number of benzene rings is 2. The number of imidazole rings is 1. The second-order valence-electron chi connectivity index (χ2n) is 6.75. The van der Waals surface area contributed by atoms with E-state index in [1.807, 2.05) is 35.8 Å². The summed E-state index contributed by atoms with van der Waals surface area (Å²) >= 11 is 0. The summed E-state index contributed by atoms with van der Waals surface area (Å²) < 4.78 is 42.7. The van der Waals surface area contributed by atoms with Gasteiger partial charge in [-0.3, -0.25) is 0 Å². The molecule has 2 heterocycles. The third kappa shape index (κ3) is 3.12. The Bertz CT molecular complexity index is 1060. The molecule has 0 saturated carbocycles. The van der Waals surface area contributed by atoms with Crippen LogP contribution in [0, 0.1) is 5.82 Å². The van der Waals surface area contributed by atoms with E-state index in [4.69, 9.17) is 0 Å². The van der Waals surface area contributed by atoms with Gasteiger partial charge in [0.2, 0.25) is 10.0 Å². The second kappa shape index (κ2) is 6.48. The maximum Gasteiger partial charge on any atom is 0.216 e. The fraction of sp³-hybridized carbons (Fsp3) is 0.316. The Morgan fingerprint density at radius 2 is 2.00 bits per heavy atom. The first kappa shape index (κ1) is 17.2. The van der Waals surface area contributed by atoms with E-state index in [0.29, 0.717) is 13.0 Å². The Hall–Kier alpha value is -2.25. The van der Waals surface area contributed by atoms with Gasteiger partial charge in [0.05, 0.1) is 23.1 Å². The molecule has 5 nitrogen and oxygen atoms in total. The summed E-state index contributed by atoms with van der Waals surface area (Å²) in [5, 5.41) is 0. The number of para-hydroxylation sites is 2. The molecule has 1 unspecified atom stereocenters. The van der Waals surface area contributed by atoms with Crippen LogP contribution in [-0.4, -0.2) is 34.1 Å². The molecule has 3 aromatic rings. The molecule has 2 aromatic carbocycles. The van der Waals surface area contributed by atoms with Crippen molar-refractivity contribution in [2.24, 2.45) is 0 Å². The Labute approximate surface area is 152 Å². The predicted octanol–water partition coefficient (Wildman–Crippen LogP) is 2.95. The van der Waals surface area contributed by atoms with Gasteiger partial charge in [-0.15, -0.1) is 0 Å². The topological polar surface area (TPSA) is 55.2 Å². The van der Waals surface area contributed by atoms with Gasteiger partial charge >= 0.3 is 0 Å². The van der Waals surface area contributed by atoms with Gasteiger partial charge in [0.25, 0.3) is 0 Å². The van der Waals surface area contributed by atoms with Gasteiger partial charge in [0.15, 0.2) is 0 Å². The smallest absolute Gasteiger partial charge is 0.216 e. The van der Waals surface area contributed by atoms with Gasteiger partial charge in [0, 0.05) is 19.1 Å². The van der Waals surface area contributed by atoms with E-state index < -0.39 is 10.0 Å². The average Bonchev–Trinajstić information content (AvgIpc) is 3.03. The molecule has 1 aliphatic rings. The third-order valence-electron chi connectivity index (χ3n) is 4.98.